The zero-order valence-corrected chi connectivity index (χ0v) is 15.6. The second kappa shape index (κ2) is 7.51. The van der Waals surface area contributed by atoms with Crippen molar-refractivity contribution in [3.63, 3.8) is 0 Å². The van der Waals surface area contributed by atoms with E-state index in [-0.39, 0.29) is 5.02 Å². The zero-order chi connectivity index (χ0) is 18.8. The molecule has 0 aliphatic carbocycles. The van der Waals surface area contributed by atoms with Gasteiger partial charge in [-0.25, -0.2) is 14.4 Å². The van der Waals surface area contributed by atoms with Crippen LogP contribution in [-0.2, 0) is 5.60 Å². The predicted molar refractivity (Wildman–Crippen MR) is 98.2 cm³/mol. The highest BCUT2D eigenvalue weighted by Crippen LogP contribution is 2.33. The largest absolute Gasteiger partial charge is 0.386 e. The fourth-order valence-corrected chi connectivity index (χ4v) is 2.21. The third-order valence-electron chi connectivity index (χ3n) is 3.61. The average Bonchev–Trinajstić information content (AvgIpc) is 2.51. The van der Waals surface area contributed by atoms with Gasteiger partial charge >= 0.3 is 0 Å². The van der Waals surface area contributed by atoms with Gasteiger partial charge in [-0.2, -0.15) is 0 Å². The number of benzene rings is 1. The molecule has 3 N–H and O–H groups in total. The lowest BCUT2D eigenvalue weighted by atomic mass is 9.96. The van der Waals surface area contributed by atoms with Gasteiger partial charge in [-0.15, -0.1) is 0 Å². The Morgan fingerprint density at radius 1 is 1.24 bits per heavy atom. The number of aliphatic hydroxyl groups is 1. The third-order valence-corrected chi connectivity index (χ3v) is 3.90. The van der Waals surface area contributed by atoms with E-state index in [1.165, 1.54) is 12.1 Å². The molecule has 1 aromatic heterocycles. The van der Waals surface area contributed by atoms with Crippen LogP contribution < -0.4 is 10.6 Å². The van der Waals surface area contributed by atoms with Gasteiger partial charge in [0.2, 0.25) is 5.95 Å². The van der Waals surface area contributed by atoms with E-state index in [4.69, 9.17) is 11.6 Å². The minimum Gasteiger partial charge on any atom is -0.386 e. The summed E-state index contributed by atoms with van der Waals surface area (Å²) in [5.41, 5.74) is 0.210. The van der Waals surface area contributed by atoms with Gasteiger partial charge in [-0.05, 0) is 47.0 Å². The van der Waals surface area contributed by atoms with Crippen LogP contribution in [-0.4, -0.2) is 34.1 Å². The molecule has 0 saturated carbocycles. The van der Waals surface area contributed by atoms with Crippen molar-refractivity contribution in [2.75, 3.05) is 24.7 Å². The summed E-state index contributed by atoms with van der Waals surface area (Å²) in [6, 6.07) is 2.65. The summed E-state index contributed by atoms with van der Waals surface area (Å²) >= 11 is 5.87. The molecular formula is C17H22ClFN5O. The Balaban J connectivity index is 2.24. The van der Waals surface area contributed by atoms with Gasteiger partial charge in [0.25, 0.3) is 0 Å². The summed E-state index contributed by atoms with van der Waals surface area (Å²) in [4.78, 5) is 10.4. The van der Waals surface area contributed by atoms with E-state index in [9.17, 15) is 9.50 Å². The minimum absolute atomic E-state index is 0.0362. The van der Waals surface area contributed by atoms with E-state index in [1.807, 2.05) is 25.9 Å². The number of hydrogen-bond donors (Lipinski definition) is 3. The zero-order valence-electron chi connectivity index (χ0n) is 14.9. The second-order valence-corrected chi connectivity index (χ2v) is 6.80. The van der Waals surface area contributed by atoms with Crippen LogP contribution >= 0.6 is 11.6 Å². The summed E-state index contributed by atoms with van der Waals surface area (Å²) in [6.07, 6.45) is 4.07. The Hall–Kier alpha value is -1.96. The van der Waals surface area contributed by atoms with Crippen molar-refractivity contribution >= 4 is 28.9 Å². The van der Waals surface area contributed by atoms with E-state index in [0.717, 1.165) is 6.17 Å². The van der Waals surface area contributed by atoms with Crippen LogP contribution in [0.4, 0.5) is 21.7 Å². The number of halogens is 2. The highest BCUT2D eigenvalue weighted by Gasteiger charge is 2.22. The lowest BCUT2D eigenvalue weighted by Gasteiger charge is -2.23. The molecule has 0 fully saturated rings. The molecule has 1 radical (unpaired) electrons. The van der Waals surface area contributed by atoms with E-state index in [0.29, 0.717) is 22.9 Å². The minimum atomic E-state index is -1.24. The second-order valence-electron chi connectivity index (χ2n) is 6.40. The molecule has 135 valence electrons. The van der Waals surface area contributed by atoms with Crippen LogP contribution in [0.25, 0.3) is 0 Å². The molecule has 0 saturated heterocycles. The number of nitrogens with one attached hydrogen (secondary N) is 2. The van der Waals surface area contributed by atoms with Crippen molar-refractivity contribution in [2.24, 2.45) is 0 Å². The van der Waals surface area contributed by atoms with Gasteiger partial charge < -0.3 is 15.7 Å². The van der Waals surface area contributed by atoms with Crippen molar-refractivity contribution in [1.29, 1.82) is 0 Å². The Kier molecular flexibility index (Phi) is 5.82. The molecule has 6 nitrogen and oxygen atoms in total. The normalized spacial score (nSPS) is 11.9. The van der Waals surface area contributed by atoms with Gasteiger partial charge in [-0.1, -0.05) is 11.6 Å². The highest BCUT2D eigenvalue weighted by molar-refractivity contribution is 6.31. The maximum Gasteiger partial charge on any atom is 0.224 e. The van der Waals surface area contributed by atoms with Crippen LogP contribution in [0.2, 0.25) is 5.02 Å². The van der Waals surface area contributed by atoms with E-state index in [1.54, 1.807) is 26.2 Å². The summed E-state index contributed by atoms with van der Waals surface area (Å²) in [5.74, 6) is -0.133. The first kappa shape index (κ1) is 19.4. The van der Waals surface area contributed by atoms with Crippen molar-refractivity contribution in [1.82, 2.24) is 14.9 Å². The van der Waals surface area contributed by atoms with Crippen molar-refractivity contribution < 1.29 is 9.50 Å². The Morgan fingerprint density at radius 2 is 1.84 bits per heavy atom. The fourth-order valence-electron chi connectivity index (χ4n) is 2.04. The molecular weight excluding hydrogens is 345 g/mol. The number of hydrogen-bond acceptors (Lipinski definition) is 6. The molecule has 1 aromatic carbocycles. The molecule has 2 aromatic rings. The molecule has 0 bridgehead atoms. The summed E-state index contributed by atoms with van der Waals surface area (Å²) in [7, 11) is 3.82. The predicted octanol–water partition coefficient (Wildman–Crippen LogP) is 3.72. The molecule has 0 amide bonds. The van der Waals surface area contributed by atoms with E-state index < -0.39 is 11.4 Å². The van der Waals surface area contributed by atoms with Crippen molar-refractivity contribution in [3.8, 4) is 0 Å². The van der Waals surface area contributed by atoms with Crippen molar-refractivity contribution in [3.05, 3.63) is 47.1 Å². The summed E-state index contributed by atoms with van der Waals surface area (Å²) < 4.78 is 13.8. The number of aromatic nitrogens is 2. The van der Waals surface area contributed by atoms with Gasteiger partial charge in [0, 0.05) is 11.3 Å². The quantitative estimate of drug-likeness (QED) is 0.723. The monoisotopic (exact) mass is 366 g/mol. The molecule has 1 heterocycles. The Bertz CT molecular complexity index is 731. The molecule has 0 aliphatic heterocycles. The van der Waals surface area contributed by atoms with Gasteiger partial charge in [0.15, 0.2) is 0 Å². The van der Waals surface area contributed by atoms with Gasteiger partial charge in [0.1, 0.15) is 12.0 Å². The summed E-state index contributed by atoms with van der Waals surface area (Å²) in [6.45, 7) is 5.06. The molecule has 0 spiro atoms. The topological polar surface area (TPSA) is 73.3 Å². The fraction of sp³-hybridized carbons (Fsp3) is 0.353. The van der Waals surface area contributed by atoms with E-state index in [2.05, 4.69) is 20.6 Å². The highest BCUT2D eigenvalue weighted by atomic mass is 35.5. The van der Waals surface area contributed by atoms with Gasteiger partial charge in [0.05, 0.1) is 28.7 Å². The first-order chi connectivity index (χ1) is 11.6. The SMILES string of the molecule is C[C](Nc1ncc(Nc2cc(Cl)c(F)cc2C(C)(C)O)cn1)N(C)C. The van der Waals surface area contributed by atoms with Gasteiger partial charge in [-0.3, -0.25) is 4.90 Å². The molecule has 2 rings (SSSR count). The molecule has 8 heteroatoms. The molecule has 0 unspecified atom stereocenters. The summed E-state index contributed by atoms with van der Waals surface area (Å²) in [5, 5.41) is 16.4. The van der Waals surface area contributed by atoms with E-state index >= 15 is 0 Å². The maximum atomic E-state index is 13.8. The van der Waals surface area contributed by atoms with Crippen LogP contribution in [0.3, 0.4) is 0 Å². The first-order valence-electron chi connectivity index (χ1n) is 7.67. The Morgan fingerprint density at radius 3 is 2.36 bits per heavy atom. The van der Waals surface area contributed by atoms with Crippen LogP contribution in [0.1, 0.15) is 26.3 Å². The lowest BCUT2D eigenvalue weighted by molar-refractivity contribution is 0.0790. The van der Waals surface area contributed by atoms with Crippen molar-refractivity contribution in [2.45, 2.75) is 26.4 Å². The van der Waals surface area contributed by atoms with Crippen LogP contribution in [0.5, 0.6) is 0 Å². The Labute approximate surface area is 152 Å². The smallest absolute Gasteiger partial charge is 0.224 e. The number of rotatable bonds is 6. The standard InChI is InChI=1S/C17H22ClFN5O/c1-10(24(4)5)22-16-20-8-11(9-21-16)23-15-7-13(18)14(19)6-12(15)17(2,3)25/h6-9,23,25H,1-5H3,(H,20,21,22). The molecule has 0 aliphatic rings. The first-order valence-corrected chi connectivity index (χ1v) is 8.04. The van der Waals surface area contributed by atoms with Crippen LogP contribution in [0, 0.1) is 12.0 Å². The molecule has 0 atom stereocenters. The molecule has 25 heavy (non-hydrogen) atoms. The average molecular weight is 367 g/mol. The third kappa shape index (κ3) is 5.01. The maximum absolute atomic E-state index is 13.8. The number of nitrogens with zero attached hydrogens (tertiary/aromatic N) is 3. The number of anilines is 3. The van der Waals surface area contributed by atoms with Crippen LogP contribution in [0.15, 0.2) is 24.5 Å². The lowest BCUT2D eigenvalue weighted by Crippen LogP contribution is -2.24.